The summed E-state index contributed by atoms with van der Waals surface area (Å²) in [6.45, 7) is 4.82. The van der Waals surface area contributed by atoms with Crippen LogP contribution in [0.4, 0.5) is 0 Å². The van der Waals surface area contributed by atoms with Gasteiger partial charge in [0.2, 0.25) is 5.88 Å². The van der Waals surface area contributed by atoms with E-state index < -0.39 is 0 Å². The molecule has 1 saturated heterocycles. The van der Waals surface area contributed by atoms with Crippen LogP contribution in [-0.2, 0) is 6.54 Å². The van der Waals surface area contributed by atoms with Crippen LogP contribution in [0, 0.1) is 0 Å². The van der Waals surface area contributed by atoms with Gasteiger partial charge in [-0.3, -0.25) is 4.90 Å². The van der Waals surface area contributed by atoms with E-state index in [2.05, 4.69) is 46.3 Å². The largest absolute Gasteiger partial charge is 0.478 e. The second kappa shape index (κ2) is 7.41. The van der Waals surface area contributed by atoms with Crippen molar-refractivity contribution in [3.8, 4) is 5.88 Å². The Bertz CT molecular complexity index is 568. The molecular formula is C19H24N2O. The second-order valence-corrected chi connectivity index (χ2v) is 5.83. The molecule has 0 amide bonds. The van der Waals surface area contributed by atoms with E-state index in [-0.39, 0.29) is 0 Å². The van der Waals surface area contributed by atoms with Gasteiger partial charge in [-0.25, -0.2) is 4.98 Å². The number of hydrogen-bond donors (Lipinski definition) is 0. The first kappa shape index (κ1) is 15.0. The minimum atomic E-state index is 0.470. The van der Waals surface area contributed by atoms with E-state index in [9.17, 15) is 0 Å². The zero-order valence-electron chi connectivity index (χ0n) is 13.2. The Labute approximate surface area is 132 Å². The van der Waals surface area contributed by atoms with E-state index in [0.717, 1.165) is 19.0 Å². The predicted octanol–water partition coefficient (Wildman–Crippen LogP) is 4.21. The lowest BCUT2D eigenvalue weighted by atomic mass is 9.96. The van der Waals surface area contributed by atoms with Gasteiger partial charge in [-0.15, -0.1) is 0 Å². The van der Waals surface area contributed by atoms with Gasteiger partial charge in [-0.1, -0.05) is 42.8 Å². The van der Waals surface area contributed by atoms with Crippen LogP contribution < -0.4 is 4.74 Å². The van der Waals surface area contributed by atoms with Gasteiger partial charge in [-0.2, -0.15) is 0 Å². The molecule has 1 aromatic carbocycles. The molecule has 0 bridgehead atoms. The van der Waals surface area contributed by atoms with Crippen molar-refractivity contribution in [1.82, 2.24) is 9.88 Å². The van der Waals surface area contributed by atoms with Gasteiger partial charge in [0.05, 0.1) is 6.61 Å². The van der Waals surface area contributed by atoms with Crippen molar-refractivity contribution in [3.05, 3.63) is 59.8 Å². The summed E-state index contributed by atoms with van der Waals surface area (Å²) < 4.78 is 5.45. The average Bonchev–Trinajstić information content (AvgIpc) is 2.58. The number of hydrogen-bond acceptors (Lipinski definition) is 3. The Hall–Kier alpha value is -1.87. The van der Waals surface area contributed by atoms with Crippen LogP contribution in [0.25, 0.3) is 0 Å². The normalized spacial score (nSPS) is 19.0. The molecule has 116 valence electrons. The van der Waals surface area contributed by atoms with Crippen LogP contribution >= 0.6 is 0 Å². The van der Waals surface area contributed by atoms with E-state index in [1.807, 2.05) is 19.2 Å². The quantitative estimate of drug-likeness (QED) is 0.826. The SMILES string of the molecule is CCOc1ccc([C@@H]2CCCCN2Cc2ccccc2)cn1. The molecule has 3 rings (SSSR count). The number of benzene rings is 1. The summed E-state index contributed by atoms with van der Waals surface area (Å²) in [5, 5.41) is 0. The number of likely N-dealkylation sites (tertiary alicyclic amines) is 1. The van der Waals surface area contributed by atoms with Crippen molar-refractivity contribution in [1.29, 1.82) is 0 Å². The summed E-state index contributed by atoms with van der Waals surface area (Å²) in [5.41, 5.74) is 2.69. The van der Waals surface area contributed by atoms with Crippen LogP contribution in [0.2, 0.25) is 0 Å². The van der Waals surface area contributed by atoms with Crippen LogP contribution in [0.1, 0.15) is 43.4 Å². The standard InChI is InChI=1S/C19H24N2O/c1-2-22-19-12-11-17(14-20-19)18-10-6-7-13-21(18)15-16-8-4-3-5-9-16/h3-5,8-9,11-12,14,18H,2,6-7,10,13,15H2,1H3/t18-/m0/s1. The van der Waals surface area contributed by atoms with Gasteiger partial charge in [0, 0.05) is 24.8 Å². The van der Waals surface area contributed by atoms with Crippen LogP contribution in [0.5, 0.6) is 5.88 Å². The van der Waals surface area contributed by atoms with E-state index in [1.165, 1.54) is 30.4 Å². The highest BCUT2D eigenvalue weighted by Crippen LogP contribution is 2.32. The molecule has 0 spiro atoms. The summed E-state index contributed by atoms with van der Waals surface area (Å²) in [7, 11) is 0. The Morgan fingerprint density at radius 2 is 2.00 bits per heavy atom. The summed E-state index contributed by atoms with van der Waals surface area (Å²) in [5.74, 6) is 0.719. The first-order valence-corrected chi connectivity index (χ1v) is 8.23. The molecule has 2 aromatic rings. The third-order valence-electron chi connectivity index (χ3n) is 4.28. The minimum absolute atomic E-state index is 0.470. The molecule has 0 radical (unpaired) electrons. The Balaban J connectivity index is 1.74. The zero-order valence-corrected chi connectivity index (χ0v) is 13.2. The first-order valence-electron chi connectivity index (χ1n) is 8.23. The third kappa shape index (κ3) is 3.66. The van der Waals surface area contributed by atoms with E-state index in [1.54, 1.807) is 0 Å². The van der Waals surface area contributed by atoms with Crippen LogP contribution in [0.3, 0.4) is 0 Å². The average molecular weight is 296 g/mol. The fourth-order valence-corrected chi connectivity index (χ4v) is 3.20. The number of nitrogens with zero attached hydrogens (tertiary/aromatic N) is 2. The van der Waals surface area contributed by atoms with Gasteiger partial charge in [0.25, 0.3) is 0 Å². The zero-order chi connectivity index (χ0) is 15.2. The molecule has 0 unspecified atom stereocenters. The van der Waals surface area contributed by atoms with Crippen LogP contribution in [-0.4, -0.2) is 23.0 Å². The van der Waals surface area contributed by atoms with Crippen molar-refractivity contribution in [2.24, 2.45) is 0 Å². The van der Waals surface area contributed by atoms with E-state index in [0.29, 0.717) is 12.6 Å². The molecule has 0 N–H and O–H groups in total. The highest BCUT2D eigenvalue weighted by molar-refractivity contribution is 5.22. The lowest BCUT2D eigenvalue weighted by Crippen LogP contribution is -2.32. The Morgan fingerprint density at radius 1 is 1.14 bits per heavy atom. The smallest absolute Gasteiger partial charge is 0.213 e. The molecule has 0 aliphatic carbocycles. The molecule has 3 nitrogen and oxygen atoms in total. The van der Waals surface area contributed by atoms with E-state index >= 15 is 0 Å². The lowest BCUT2D eigenvalue weighted by molar-refractivity contribution is 0.140. The molecule has 1 aliphatic rings. The second-order valence-electron chi connectivity index (χ2n) is 5.83. The molecule has 1 atom stereocenters. The predicted molar refractivity (Wildman–Crippen MR) is 88.9 cm³/mol. The van der Waals surface area contributed by atoms with Crippen molar-refractivity contribution in [2.75, 3.05) is 13.2 Å². The fourth-order valence-electron chi connectivity index (χ4n) is 3.20. The van der Waals surface area contributed by atoms with Crippen molar-refractivity contribution in [2.45, 2.75) is 38.8 Å². The first-order chi connectivity index (χ1) is 10.9. The van der Waals surface area contributed by atoms with Gasteiger partial charge in [0.1, 0.15) is 0 Å². The molecule has 1 aliphatic heterocycles. The monoisotopic (exact) mass is 296 g/mol. The summed E-state index contributed by atoms with van der Waals surface area (Å²) >= 11 is 0. The minimum Gasteiger partial charge on any atom is -0.478 e. The number of aromatic nitrogens is 1. The number of pyridine rings is 1. The fraction of sp³-hybridized carbons (Fsp3) is 0.421. The van der Waals surface area contributed by atoms with E-state index in [4.69, 9.17) is 4.74 Å². The van der Waals surface area contributed by atoms with Gasteiger partial charge < -0.3 is 4.74 Å². The summed E-state index contributed by atoms with van der Waals surface area (Å²) in [6, 6.07) is 15.4. The molecular weight excluding hydrogens is 272 g/mol. The van der Waals surface area contributed by atoms with Crippen molar-refractivity contribution < 1.29 is 4.74 Å². The van der Waals surface area contributed by atoms with Gasteiger partial charge >= 0.3 is 0 Å². The summed E-state index contributed by atoms with van der Waals surface area (Å²) in [6.07, 6.45) is 5.78. The van der Waals surface area contributed by atoms with Gasteiger partial charge in [0.15, 0.2) is 0 Å². The molecule has 1 aromatic heterocycles. The highest BCUT2D eigenvalue weighted by Gasteiger charge is 2.24. The Kier molecular flexibility index (Phi) is 5.07. The Morgan fingerprint density at radius 3 is 2.73 bits per heavy atom. The molecule has 3 heteroatoms. The maximum Gasteiger partial charge on any atom is 0.213 e. The lowest BCUT2D eigenvalue weighted by Gasteiger charge is -2.36. The van der Waals surface area contributed by atoms with Crippen molar-refractivity contribution in [3.63, 3.8) is 0 Å². The van der Waals surface area contributed by atoms with Crippen LogP contribution in [0.15, 0.2) is 48.7 Å². The van der Waals surface area contributed by atoms with Gasteiger partial charge in [-0.05, 0) is 37.4 Å². The third-order valence-corrected chi connectivity index (χ3v) is 4.28. The van der Waals surface area contributed by atoms with Crippen molar-refractivity contribution >= 4 is 0 Å². The topological polar surface area (TPSA) is 25.4 Å². The summed E-state index contributed by atoms with van der Waals surface area (Å²) in [4.78, 5) is 7.02. The highest BCUT2D eigenvalue weighted by atomic mass is 16.5. The number of piperidine rings is 1. The molecule has 1 fully saturated rings. The molecule has 2 heterocycles. The maximum atomic E-state index is 5.45. The number of ether oxygens (including phenoxy) is 1. The molecule has 0 saturated carbocycles. The number of rotatable bonds is 5. The molecule has 22 heavy (non-hydrogen) atoms. The maximum absolute atomic E-state index is 5.45.